The lowest BCUT2D eigenvalue weighted by atomic mass is 10.1. The van der Waals surface area contributed by atoms with Gasteiger partial charge in [0.25, 0.3) is 35.3 Å². The topological polar surface area (TPSA) is 449 Å². The summed E-state index contributed by atoms with van der Waals surface area (Å²) >= 11 is 11.8. The first-order valence-corrected chi connectivity index (χ1v) is 45.1. The molecule has 0 aliphatic heterocycles. The fourth-order valence-corrected chi connectivity index (χ4v) is 14.2. The highest BCUT2D eigenvalue weighted by Crippen LogP contribution is 2.37. The summed E-state index contributed by atoms with van der Waals surface area (Å²) in [6.45, 7) is 13.8. The SMILES string of the molecule is COc1cc(-c2nc(-c3ccc(C)c(OC)c3)no2)ccn1.COc1cc(-c2nc(-c3ccncc3)no2)ccc1C.COc1cc(-c2noc(-c3cc(Cl)nc(Cl)c3)n2)ccc1C.COc1cc(-c2noc(-c3ccnc(F)c3)n2)ccc1C.COc1cc(-c2noc(-c3ccncc3)n2)ccc1C.COc1cc(-c2noc(-c3ccnnc3)n2)ccc1C.COc1cc(-c2noc(Cc3ccncc3)n2)ccc1C. The third kappa shape index (κ3) is 26.4. The minimum Gasteiger partial charge on any atom is -0.496 e. The summed E-state index contributed by atoms with van der Waals surface area (Å²) in [4.78, 5) is 54.0. The van der Waals surface area contributed by atoms with E-state index in [2.05, 4.69) is 111 Å². The summed E-state index contributed by atoms with van der Waals surface area (Å²) in [5.41, 5.74) is 18.5. The number of halogens is 3. The van der Waals surface area contributed by atoms with Crippen LogP contribution in [0.25, 0.3) is 148 Å². The van der Waals surface area contributed by atoms with Crippen LogP contribution in [0.4, 0.5) is 4.39 Å². The van der Waals surface area contributed by atoms with E-state index in [9.17, 15) is 4.39 Å². The van der Waals surface area contributed by atoms with E-state index < -0.39 is 5.95 Å². The van der Waals surface area contributed by atoms with Gasteiger partial charge in [0, 0.05) is 128 Å². The second kappa shape index (κ2) is 49.0. The molecule has 146 heavy (non-hydrogen) atoms. The van der Waals surface area contributed by atoms with Crippen LogP contribution in [-0.2, 0) is 6.42 Å². The Kier molecular flexibility index (Phi) is 34.2. The van der Waals surface area contributed by atoms with E-state index in [0.717, 1.165) is 146 Å². The van der Waals surface area contributed by atoms with Crippen molar-refractivity contribution in [2.75, 3.05) is 56.9 Å². The number of nitrogens with zero attached hydrogens (tertiary/aromatic N) is 22. The number of rotatable bonds is 23. The van der Waals surface area contributed by atoms with E-state index in [0.29, 0.717) is 99.5 Å². The largest absolute Gasteiger partial charge is 0.496 e. The Morgan fingerprint density at radius 1 is 0.240 bits per heavy atom. The lowest BCUT2D eigenvalue weighted by Crippen LogP contribution is -1.90. The van der Waals surface area contributed by atoms with Gasteiger partial charge in [-0.05, 0) is 208 Å². The molecule has 0 N–H and O–H groups in total. The smallest absolute Gasteiger partial charge is 0.259 e. The average molecular weight is 2000 g/mol. The van der Waals surface area contributed by atoms with Gasteiger partial charge in [-0.25, -0.2) is 15.0 Å². The summed E-state index contributed by atoms with van der Waals surface area (Å²) in [7, 11) is 13.0. The molecule has 21 rings (SSSR count). The highest BCUT2D eigenvalue weighted by atomic mass is 35.5. The normalized spacial score (nSPS) is 10.6. The lowest BCUT2D eigenvalue weighted by molar-refractivity contribution is 0.385. The molecule has 14 aromatic heterocycles. The standard InChI is InChI=1S/C16H15N3O3.C16H15N3O2.C15H11Cl2N3O2.C15H12FN3O2.2C15H13N3O2.C14H12N4O2/c1-10-4-5-11(8-13(10)20-2)15-18-16(22-19-15)12-6-7-17-14(9-12)21-3;1-11-3-4-13(10-14(11)20-2)16-18-15(21-19-16)9-12-5-7-17-8-6-12;1-8-3-4-9(5-11(8)21-2)14-19-15(22-20-14)10-6-12(16)18-13(17)7-10;1-9-3-4-10(7-12(9)20-2)14-18-15(21-19-14)11-5-6-17-13(16)8-11;1-10-3-4-12(9-13(10)19-2)14-17-15(20-18-14)11-5-7-16-8-6-11;1-10-3-4-12(9-13(10)19-2)15-17-14(18-20-15)11-5-7-16-8-6-11;1-9-3-4-10(7-12(9)19-2)13-17-14(20-18-13)11-5-6-15-16-8-11/h4-9H,1-3H3;3-8,10H,9H2,1-2H3;3-7H,1-2H3;3-8H,1-2H3;2*3-9H,1-2H3;3-8H,1-2H3. The van der Waals surface area contributed by atoms with Crippen molar-refractivity contribution in [3.63, 3.8) is 0 Å². The van der Waals surface area contributed by atoms with E-state index in [1.165, 1.54) is 12.3 Å². The molecule has 0 unspecified atom stereocenters. The molecule has 37 nitrogen and oxygen atoms in total. The molecular formula is C106H91Cl2FN22O15. The predicted octanol–water partition coefficient (Wildman–Crippen LogP) is 22.6. The summed E-state index contributed by atoms with van der Waals surface area (Å²) < 4.78 is 92.2. The fraction of sp³-hybridized carbons (Fsp3) is 0.151. The summed E-state index contributed by atoms with van der Waals surface area (Å²) in [5, 5.41) is 35.9. The number of benzene rings is 7. The van der Waals surface area contributed by atoms with Crippen LogP contribution in [0.3, 0.4) is 0 Å². The summed E-state index contributed by atoms with van der Waals surface area (Å²) in [6.07, 6.45) is 17.0. The second-order valence-corrected chi connectivity index (χ2v) is 32.2. The fourth-order valence-electron chi connectivity index (χ4n) is 13.8. The van der Waals surface area contributed by atoms with Crippen molar-refractivity contribution in [2.24, 2.45) is 0 Å². The molecule has 0 atom stereocenters. The van der Waals surface area contributed by atoms with Gasteiger partial charge >= 0.3 is 0 Å². The molecule has 7 aromatic carbocycles. The van der Waals surface area contributed by atoms with E-state index in [1.54, 1.807) is 149 Å². The average Bonchev–Trinajstić information content (AvgIpc) is 1.64. The third-order valence-electron chi connectivity index (χ3n) is 21.7. The first-order chi connectivity index (χ1) is 71.0. The molecule has 14 heterocycles. The Hall–Kier alpha value is -18.6. The second-order valence-electron chi connectivity index (χ2n) is 31.4. The van der Waals surface area contributed by atoms with Crippen molar-refractivity contribution in [1.82, 2.24) is 111 Å². The van der Waals surface area contributed by atoms with Crippen molar-refractivity contribution in [3.8, 4) is 195 Å². The van der Waals surface area contributed by atoms with Crippen LogP contribution in [0.15, 0.2) is 300 Å². The van der Waals surface area contributed by atoms with Crippen molar-refractivity contribution >= 4 is 23.2 Å². The molecule has 21 aromatic rings. The minimum atomic E-state index is -0.593. The molecule has 0 bridgehead atoms. The first-order valence-electron chi connectivity index (χ1n) is 44.4. The Morgan fingerprint density at radius 3 is 0.870 bits per heavy atom. The zero-order valence-corrected chi connectivity index (χ0v) is 82.7. The predicted molar refractivity (Wildman–Crippen MR) is 538 cm³/mol. The monoisotopic (exact) mass is 2000 g/mol. The van der Waals surface area contributed by atoms with Crippen LogP contribution < -0.4 is 37.9 Å². The number of methoxy groups -OCH3 is 8. The number of hydrogen-bond donors (Lipinski definition) is 0. The van der Waals surface area contributed by atoms with Crippen LogP contribution in [0.1, 0.15) is 50.4 Å². The summed E-state index contributed by atoms with van der Waals surface area (Å²) in [6, 6.07) is 62.9. The maximum absolute atomic E-state index is 13.1. The number of hydrogen-bond acceptors (Lipinski definition) is 37. The Morgan fingerprint density at radius 2 is 0.521 bits per heavy atom. The van der Waals surface area contributed by atoms with Gasteiger partial charge in [-0.3, -0.25) is 15.0 Å². The van der Waals surface area contributed by atoms with Crippen molar-refractivity contribution in [3.05, 3.63) is 335 Å². The molecule has 0 aliphatic carbocycles. The quantitative estimate of drug-likeness (QED) is 0.0537. The molecule has 736 valence electrons. The van der Waals surface area contributed by atoms with E-state index in [-0.39, 0.29) is 16.2 Å². The van der Waals surface area contributed by atoms with E-state index >= 15 is 0 Å². The van der Waals surface area contributed by atoms with Gasteiger partial charge in [-0.15, -0.1) is 0 Å². The minimum absolute atomic E-state index is 0.242. The Labute approximate surface area is 844 Å². The van der Waals surface area contributed by atoms with Crippen LogP contribution in [0.5, 0.6) is 46.1 Å². The van der Waals surface area contributed by atoms with Crippen LogP contribution >= 0.6 is 23.2 Å². The molecule has 0 radical (unpaired) electrons. The van der Waals surface area contributed by atoms with Crippen molar-refractivity contribution < 1.29 is 73.9 Å². The van der Waals surface area contributed by atoms with Gasteiger partial charge < -0.3 is 69.6 Å². The number of aromatic nitrogens is 22. The molecule has 0 aliphatic rings. The third-order valence-corrected chi connectivity index (χ3v) is 22.0. The maximum Gasteiger partial charge on any atom is 0.259 e. The van der Waals surface area contributed by atoms with E-state index in [1.807, 2.05) is 212 Å². The molecule has 0 spiro atoms. The maximum atomic E-state index is 13.1. The first kappa shape index (κ1) is 102. The molecule has 0 saturated heterocycles. The lowest BCUT2D eigenvalue weighted by Gasteiger charge is -2.04. The molecule has 40 heteroatoms. The van der Waals surface area contributed by atoms with Gasteiger partial charge in [-0.2, -0.15) is 49.5 Å². The number of pyridine rings is 6. The van der Waals surface area contributed by atoms with Gasteiger partial charge in [0.1, 0.15) is 50.6 Å². The van der Waals surface area contributed by atoms with Crippen LogP contribution in [0.2, 0.25) is 10.3 Å². The molecule has 0 amide bonds. The molecule has 0 fully saturated rings. The van der Waals surface area contributed by atoms with Gasteiger partial charge in [0.2, 0.25) is 58.5 Å². The molecular weight excluding hydrogens is 1910 g/mol. The highest BCUT2D eigenvalue weighted by molar-refractivity contribution is 6.32. The van der Waals surface area contributed by atoms with Crippen LogP contribution in [0, 0.1) is 54.4 Å². The van der Waals surface area contributed by atoms with Gasteiger partial charge in [-0.1, -0.05) is 138 Å². The number of ether oxygens (including phenoxy) is 8. The Bertz CT molecular complexity index is 7590. The highest BCUT2D eigenvalue weighted by Gasteiger charge is 2.22. The van der Waals surface area contributed by atoms with Crippen LogP contribution in [-0.4, -0.2) is 168 Å². The number of aryl methyl sites for hydroxylation is 7. The Balaban J connectivity index is 0.000000128. The van der Waals surface area contributed by atoms with E-state index in [4.69, 9.17) is 92.8 Å². The van der Waals surface area contributed by atoms with Crippen molar-refractivity contribution in [1.29, 1.82) is 0 Å². The zero-order chi connectivity index (χ0) is 103. The van der Waals surface area contributed by atoms with Gasteiger partial charge in [0.15, 0.2) is 0 Å². The zero-order valence-electron chi connectivity index (χ0n) is 81.2. The van der Waals surface area contributed by atoms with Gasteiger partial charge in [0.05, 0.1) is 81.3 Å². The van der Waals surface area contributed by atoms with Crippen molar-refractivity contribution in [2.45, 2.75) is 54.9 Å². The molecule has 0 saturated carbocycles. The summed E-state index contributed by atoms with van der Waals surface area (Å²) in [5.74, 6) is 11.8.